The average molecular weight is 389 g/mol. The fourth-order valence-corrected chi connectivity index (χ4v) is 3.29. The molecular weight excluding hydrogens is 357 g/mol. The van der Waals surface area contributed by atoms with E-state index >= 15 is 0 Å². The molecule has 0 aliphatic carbocycles. The molecule has 2 fully saturated rings. The summed E-state index contributed by atoms with van der Waals surface area (Å²) in [7, 11) is -0.438. The lowest BCUT2D eigenvalue weighted by atomic mass is 9.78. The predicted octanol–water partition coefficient (Wildman–Crippen LogP) is 2.44. The van der Waals surface area contributed by atoms with Crippen LogP contribution in [0.3, 0.4) is 0 Å². The summed E-state index contributed by atoms with van der Waals surface area (Å²) in [5.41, 5.74) is 0.687. The Hall–Kier alpha value is -1.80. The first-order valence-electron chi connectivity index (χ1n) is 9.92. The molecule has 0 atom stereocenters. The number of hydrogen-bond acceptors (Lipinski definition) is 6. The van der Waals surface area contributed by atoms with Crippen molar-refractivity contribution >= 4 is 24.4 Å². The Morgan fingerprint density at radius 2 is 1.68 bits per heavy atom. The van der Waals surface area contributed by atoms with Gasteiger partial charge in [-0.1, -0.05) is 0 Å². The van der Waals surface area contributed by atoms with Crippen molar-refractivity contribution < 1.29 is 18.8 Å². The molecule has 1 aromatic heterocycles. The van der Waals surface area contributed by atoms with Gasteiger partial charge in [-0.3, -0.25) is 4.98 Å². The second-order valence-corrected chi connectivity index (χ2v) is 9.48. The number of nitrogens with zero attached hydrogens (tertiary/aromatic N) is 3. The molecule has 0 N–H and O–H groups in total. The summed E-state index contributed by atoms with van der Waals surface area (Å²) in [6.07, 6.45) is 3.36. The van der Waals surface area contributed by atoms with Crippen molar-refractivity contribution in [1.82, 2.24) is 9.88 Å². The fourth-order valence-electron chi connectivity index (χ4n) is 3.29. The van der Waals surface area contributed by atoms with Gasteiger partial charge in [-0.25, -0.2) is 4.79 Å². The Morgan fingerprint density at radius 3 is 2.21 bits per heavy atom. The zero-order valence-electron chi connectivity index (χ0n) is 18.1. The standard InChI is InChI=1S/C20H32BN3O4/c1-18(2,3)26-17(25)24-12-10-23(11-13-24)16-14-22-9-8-15(16)21-27-19(4,5)20(6,7)28-21/h8-9,14H,10-13H2,1-7H3. The number of amides is 1. The van der Waals surface area contributed by atoms with E-state index in [1.807, 2.05) is 60.7 Å². The second-order valence-electron chi connectivity index (χ2n) is 9.48. The highest BCUT2D eigenvalue weighted by Crippen LogP contribution is 2.37. The van der Waals surface area contributed by atoms with Crippen LogP contribution in [0.15, 0.2) is 18.5 Å². The van der Waals surface area contributed by atoms with Gasteiger partial charge in [0.1, 0.15) is 5.60 Å². The topological polar surface area (TPSA) is 64.1 Å². The van der Waals surface area contributed by atoms with Crippen LogP contribution in [0.5, 0.6) is 0 Å². The molecule has 0 unspecified atom stereocenters. The Kier molecular flexibility index (Phi) is 5.40. The molecule has 0 spiro atoms. The molecule has 1 amide bonds. The maximum atomic E-state index is 12.3. The van der Waals surface area contributed by atoms with Crippen LogP contribution < -0.4 is 10.4 Å². The van der Waals surface area contributed by atoms with Crippen LogP contribution in [0, 0.1) is 0 Å². The zero-order chi connectivity index (χ0) is 20.7. The summed E-state index contributed by atoms with van der Waals surface area (Å²) < 4.78 is 18.0. The number of hydrogen-bond donors (Lipinski definition) is 0. The molecule has 8 heteroatoms. The first-order valence-corrected chi connectivity index (χ1v) is 9.92. The number of carbonyl (C=O) groups excluding carboxylic acids is 1. The summed E-state index contributed by atoms with van der Waals surface area (Å²) in [6.45, 7) is 16.5. The lowest BCUT2D eigenvalue weighted by Crippen LogP contribution is -2.52. The van der Waals surface area contributed by atoms with Gasteiger partial charge in [0.15, 0.2) is 0 Å². The SMILES string of the molecule is CC(C)(C)OC(=O)N1CCN(c2cnccc2B2OC(C)(C)C(C)(C)O2)CC1. The van der Waals surface area contributed by atoms with E-state index < -0.39 is 23.9 Å². The number of rotatable bonds is 2. The van der Waals surface area contributed by atoms with Crippen LogP contribution in [0.25, 0.3) is 0 Å². The van der Waals surface area contributed by atoms with Crippen molar-refractivity contribution in [3.63, 3.8) is 0 Å². The minimum Gasteiger partial charge on any atom is -0.444 e. The molecule has 0 saturated carbocycles. The van der Waals surface area contributed by atoms with E-state index in [4.69, 9.17) is 14.0 Å². The summed E-state index contributed by atoms with van der Waals surface area (Å²) in [4.78, 5) is 20.6. The summed E-state index contributed by atoms with van der Waals surface area (Å²) in [5, 5.41) is 0. The number of carbonyl (C=O) groups is 1. The van der Waals surface area contributed by atoms with Crippen LogP contribution in [0.2, 0.25) is 0 Å². The zero-order valence-corrected chi connectivity index (χ0v) is 18.1. The summed E-state index contributed by atoms with van der Waals surface area (Å²) >= 11 is 0. The highest BCUT2D eigenvalue weighted by Gasteiger charge is 2.52. The van der Waals surface area contributed by atoms with E-state index in [0.717, 1.165) is 11.2 Å². The molecule has 3 heterocycles. The molecule has 154 valence electrons. The van der Waals surface area contributed by atoms with Gasteiger partial charge in [0.2, 0.25) is 0 Å². The molecule has 2 saturated heterocycles. The number of anilines is 1. The third kappa shape index (κ3) is 4.28. The maximum absolute atomic E-state index is 12.3. The van der Waals surface area contributed by atoms with E-state index in [9.17, 15) is 4.79 Å². The minimum absolute atomic E-state index is 0.260. The molecule has 7 nitrogen and oxygen atoms in total. The van der Waals surface area contributed by atoms with Crippen molar-refractivity contribution in [2.45, 2.75) is 65.3 Å². The first kappa shape index (κ1) is 20.9. The fraction of sp³-hybridized carbons (Fsp3) is 0.700. The van der Waals surface area contributed by atoms with Crippen LogP contribution in [0.1, 0.15) is 48.5 Å². The van der Waals surface area contributed by atoms with Gasteiger partial charge in [0.05, 0.1) is 16.9 Å². The van der Waals surface area contributed by atoms with Crippen LogP contribution >= 0.6 is 0 Å². The molecule has 28 heavy (non-hydrogen) atoms. The maximum Gasteiger partial charge on any atom is 0.497 e. The van der Waals surface area contributed by atoms with Crippen molar-refractivity contribution in [1.29, 1.82) is 0 Å². The van der Waals surface area contributed by atoms with Gasteiger partial charge in [0, 0.05) is 44.0 Å². The summed E-state index contributed by atoms with van der Waals surface area (Å²) in [6, 6.07) is 1.96. The molecule has 0 bridgehead atoms. The van der Waals surface area contributed by atoms with E-state index in [1.165, 1.54) is 0 Å². The molecule has 2 aliphatic heterocycles. The number of ether oxygens (including phenoxy) is 1. The van der Waals surface area contributed by atoms with Gasteiger partial charge in [-0.15, -0.1) is 0 Å². The normalized spacial score (nSPS) is 21.8. The van der Waals surface area contributed by atoms with Crippen molar-refractivity contribution in [3.8, 4) is 0 Å². The van der Waals surface area contributed by atoms with E-state index in [1.54, 1.807) is 11.1 Å². The summed E-state index contributed by atoms with van der Waals surface area (Å²) in [5.74, 6) is 0. The third-order valence-electron chi connectivity index (χ3n) is 5.61. The number of pyridine rings is 1. The molecule has 1 aromatic rings. The quantitative estimate of drug-likeness (QED) is 0.724. The van der Waals surface area contributed by atoms with Crippen LogP contribution in [0.4, 0.5) is 10.5 Å². The minimum atomic E-state index is -0.485. The van der Waals surface area contributed by atoms with Gasteiger partial charge in [-0.05, 0) is 54.5 Å². The Balaban J connectivity index is 1.71. The van der Waals surface area contributed by atoms with Crippen molar-refractivity contribution in [2.24, 2.45) is 0 Å². The molecule has 3 rings (SSSR count). The Labute approximate surface area is 168 Å². The highest BCUT2D eigenvalue weighted by molar-refractivity contribution is 6.63. The van der Waals surface area contributed by atoms with Crippen molar-refractivity contribution in [3.05, 3.63) is 18.5 Å². The molecular formula is C20H32BN3O4. The van der Waals surface area contributed by atoms with E-state index in [0.29, 0.717) is 26.2 Å². The smallest absolute Gasteiger partial charge is 0.444 e. The van der Waals surface area contributed by atoms with E-state index in [-0.39, 0.29) is 6.09 Å². The van der Waals surface area contributed by atoms with Crippen LogP contribution in [-0.4, -0.2) is 66.1 Å². The van der Waals surface area contributed by atoms with Gasteiger partial charge in [0.25, 0.3) is 0 Å². The number of aromatic nitrogens is 1. The lowest BCUT2D eigenvalue weighted by molar-refractivity contribution is 0.00578. The third-order valence-corrected chi connectivity index (χ3v) is 5.61. The predicted molar refractivity (Wildman–Crippen MR) is 110 cm³/mol. The van der Waals surface area contributed by atoms with Crippen molar-refractivity contribution in [2.75, 3.05) is 31.1 Å². The first-order chi connectivity index (χ1) is 12.9. The molecule has 0 aromatic carbocycles. The highest BCUT2D eigenvalue weighted by atomic mass is 16.7. The largest absolute Gasteiger partial charge is 0.497 e. The van der Waals surface area contributed by atoms with Gasteiger partial charge in [-0.2, -0.15) is 0 Å². The molecule has 2 aliphatic rings. The average Bonchev–Trinajstić information content (AvgIpc) is 2.81. The lowest BCUT2D eigenvalue weighted by Gasteiger charge is -2.37. The van der Waals surface area contributed by atoms with Gasteiger partial charge >= 0.3 is 13.2 Å². The van der Waals surface area contributed by atoms with Crippen LogP contribution in [-0.2, 0) is 14.0 Å². The Bertz CT molecular complexity index is 708. The molecule has 0 radical (unpaired) electrons. The van der Waals surface area contributed by atoms with E-state index in [2.05, 4.69) is 9.88 Å². The monoisotopic (exact) mass is 389 g/mol. The second kappa shape index (κ2) is 7.23. The Morgan fingerprint density at radius 1 is 1.11 bits per heavy atom. The van der Waals surface area contributed by atoms with Gasteiger partial charge < -0.3 is 23.8 Å². The number of piperazine rings is 1.